The minimum absolute atomic E-state index is 0.00516. The molecule has 27 heavy (non-hydrogen) atoms. The highest BCUT2D eigenvalue weighted by molar-refractivity contribution is 5.92. The van der Waals surface area contributed by atoms with Crippen LogP contribution in [0.3, 0.4) is 0 Å². The fraction of sp³-hybridized carbons (Fsp3) is 0.350. The Hall–Kier alpha value is -2.83. The van der Waals surface area contributed by atoms with Gasteiger partial charge in [0.1, 0.15) is 0 Å². The van der Waals surface area contributed by atoms with E-state index < -0.39 is 6.61 Å². The van der Waals surface area contributed by atoms with Crippen LogP contribution in [0.15, 0.2) is 47.5 Å². The van der Waals surface area contributed by atoms with Crippen LogP contribution in [0.2, 0.25) is 0 Å². The summed E-state index contributed by atoms with van der Waals surface area (Å²) in [6.07, 6.45) is 0.526. The van der Waals surface area contributed by atoms with Gasteiger partial charge < -0.3 is 20.5 Å². The second-order valence-electron chi connectivity index (χ2n) is 6.29. The number of rotatable bonds is 8. The van der Waals surface area contributed by atoms with Gasteiger partial charge in [-0.1, -0.05) is 32.0 Å². The normalized spacial score (nSPS) is 11.7. The van der Waals surface area contributed by atoms with Crippen molar-refractivity contribution in [1.82, 2.24) is 0 Å². The number of ether oxygens (including phenoxy) is 2. The fourth-order valence-corrected chi connectivity index (χ4v) is 2.53. The van der Waals surface area contributed by atoms with Crippen LogP contribution < -0.4 is 20.5 Å². The third-order valence-corrected chi connectivity index (χ3v) is 3.95. The summed E-state index contributed by atoms with van der Waals surface area (Å²) in [6, 6.07) is 12.9. The van der Waals surface area contributed by atoms with Crippen molar-refractivity contribution >= 4 is 11.6 Å². The molecule has 0 aromatic heterocycles. The lowest BCUT2D eigenvalue weighted by atomic mass is 10.0. The van der Waals surface area contributed by atoms with E-state index in [0.717, 1.165) is 11.3 Å². The van der Waals surface area contributed by atoms with Crippen LogP contribution >= 0.6 is 0 Å². The Kier molecular flexibility index (Phi) is 7.40. The molecular formula is C20H25F2N3O2. The molecule has 0 saturated heterocycles. The number of nitrogens with zero attached hydrogens (tertiary/aromatic N) is 1. The SMILES string of the molecule is COc1ccc(CCN=C(N)Nc2cccc(C(C)C)c2)cc1OC(F)F. The molecule has 0 atom stereocenters. The van der Waals surface area contributed by atoms with Crippen LogP contribution in [-0.4, -0.2) is 26.2 Å². The number of hydrogen-bond donors (Lipinski definition) is 2. The fourth-order valence-electron chi connectivity index (χ4n) is 2.53. The number of halogens is 2. The van der Waals surface area contributed by atoms with E-state index in [0.29, 0.717) is 24.8 Å². The van der Waals surface area contributed by atoms with Crippen molar-refractivity contribution in [3.05, 3.63) is 53.6 Å². The van der Waals surface area contributed by atoms with Crippen LogP contribution in [0.5, 0.6) is 11.5 Å². The van der Waals surface area contributed by atoms with Gasteiger partial charge in [-0.15, -0.1) is 0 Å². The molecule has 0 unspecified atom stereocenters. The molecule has 0 amide bonds. The monoisotopic (exact) mass is 377 g/mol. The van der Waals surface area contributed by atoms with Crippen molar-refractivity contribution < 1.29 is 18.3 Å². The van der Waals surface area contributed by atoms with E-state index in [1.54, 1.807) is 12.1 Å². The Labute approximate surface area is 158 Å². The molecule has 146 valence electrons. The van der Waals surface area contributed by atoms with Crippen molar-refractivity contribution in [2.45, 2.75) is 32.8 Å². The third-order valence-electron chi connectivity index (χ3n) is 3.95. The Bertz CT molecular complexity index is 780. The molecule has 2 aromatic rings. The highest BCUT2D eigenvalue weighted by Gasteiger charge is 2.11. The quantitative estimate of drug-likeness (QED) is 0.529. The van der Waals surface area contributed by atoms with Crippen LogP contribution in [0, 0.1) is 0 Å². The standard InChI is InChI=1S/C20H25F2N3O2/c1-13(2)15-5-4-6-16(12-15)25-20(23)24-10-9-14-7-8-17(26-3)18(11-14)27-19(21)22/h4-8,11-13,19H,9-10H2,1-3H3,(H3,23,24,25). The Morgan fingerprint density at radius 1 is 1.15 bits per heavy atom. The number of nitrogens with one attached hydrogen (secondary N) is 1. The van der Waals surface area contributed by atoms with Crippen LogP contribution in [0.4, 0.5) is 14.5 Å². The van der Waals surface area contributed by atoms with E-state index in [1.807, 2.05) is 18.2 Å². The van der Waals surface area contributed by atoms with E-state index in [9.17, 15) is 8.78 Å². The van der Waals surface area contributed by atoms with Gasteiger partial charge in [-0.2, -0.15) is 8.78 Å². The van der Waals surface area contributed by atoms with Gasteiger partial charge in [0.25, 0.3) is 0 Å². The zero-order valence-electron chi connectivity index (χ0n) is 15.7. The van der Waals surface area contributed by atoms with Gasteiger partial charge in [0.15, 0.2) is 17.5 Å². The summed E-state index contributed by atoms with van der Waals surface area (Å²) in [5, 5.41) is 3.06. The Morgan fingerprint density at radius 2 is 1.93 bits per heavy atom. The summed E-state index contributed by atoms with van der Waals surface area (Å²) in [5.41, 5.74) is 8.81. The predicted octanol–water partition coefficient (Wildman–Crippen LogP) is 4.39. The van der Waals surface area contributed by atoms with E-state index in [-0.39, 0.29) is 11.5 Å². The average Bonchev–Trinajstić information content (AvgIpc) is 2.61. The van der Waals surface area contributed by atoms with Gasteiger partial charge in [0, 0.05) is 12.2 Å². The number of hydrogen-bond acceptors (Lipinski definition) is 3. The minimum Gasteiger partial charge on any atom is -0.493 e. The lowest BCUT2D eigenvalue weighted by molar-refractivity contribution is -0.0512. The predicted molar refractivity (Wildman–Crippen MR) is 104 cm³/mol. The first-order valence-corrected chi connectivity index (χ1v) is 8.67. The van der Waals surface area contributed by atoms with E-state index in [4.69, 9.17) is 10.5 Å². The molecule has 0 saturated carbocycles. The van der Waals surface area contributed by atoms with Crippen LogP contribution in [-0.2, 0) is 6.42 Å². The maximum atomic E-state index is 12.5. The van der Waals surface area contributed by atoms with E-state index in [2.05, 4.69) is 35.0 Å². The highest BCUT2D eigenvalue weighted by Crippen LogP contribution is 2.29. The molecule has 0 aliphatic rings. The van der Waals surface area contributed by atoms with Gasteiger partial charge in [-0.05, 0) is 47.7 Å². The first kappa shape index (κ1) is 20.5. The number of anilines is 1. The number of alkyl halides is 2. The van der Waals surface area contributed by atoms with Crippen molar-refractivity contribution in [1.29, 1.82) is 0 Å². The van der Waals surface area contributed by atoms with Crippen molar-refractivity contribution in [2.75, 3.05) is 19.0 Å². The van der Waals surface area contributed by atoms with Crippen molar-refractivity contribution in [3.8, 4) is 11.5 Å². The second kappa shape index (κ2) is 9.75. The molecule has 3 N–H and O–H groups in total. The highest BCUT2D eigenvalue weighted by atomic mass is 19.3. The smallest absolute Gasteiger partial charge is 0.387 e. The van der Waals surface area contributed by atoms with Gasteiger partial charge in [-0.3, -0.25) is 4.99 Å². The topological polar surface area (TPSA) is 68.9 Å². The minimum atomic E-state index is -2.91. The molecule has 0 spiro atoms. The summed E-state index contributed by atoms with van der Waals surface area (Å²) >= 11 is 0. The van der Waals surface area contributed by atoms with Gasteiger partial charge in [0.05, 0.1) is 7.11 Å². The Morgan fingerprint density at radius 3 is 2.59 bits per heavy atom. The zero-order chi connectivity index (χ0) is 19.8. The summed E-state index contributed by atoms with van der Waals surface area (Å²) in [7, 11) is 1.40. The number of nitrogens with two attached hydrogens (primary N) is 1. The van der Waals surface area contributed by atoms with E-state index in [1.165, 1.54) is 18.7 Å². The molecule has 0 heterocycles. The summed E-state index contributed by atoms with van der Waals surface area (Å²) in [5.74, 6) is 0.984. The maximum Gasteiger partial charge on any atom is 0.387 e. The molecule has 0 aliphatic heterocycles. The average molecular weight is 377 g/mol. The number of benzene rings is 2. The number of guanidine groups is 1. The first-order chi connectivity index (χ1) is 12.9. The molecule has 5 nitrogen and oxygen atoms in total. The van der Waals surface area contributed by atoms with Crippen LogP contribution in [0.1, 0.15) is 30.9 Å². The van der Waals surface area contributed by atoms with Gasteiger partial charge >= 0.3 is 6.61 Å². The van der Waals surface area contributed by atoms with E-state index >= 15 is 0 Å². The van der Waals surface area contributed by atoms with Crippen molar-refractivity contribution in [2.24, 2.45) is 10.7 Å². The molecule has 2 rings (SSSR count). The molecule has 0 bridgehead atoms. The lowest BCUT2D eigenvalue weighted by Gasteiger charge is -2.11. The number of aliphatic imine (C=N–C) groups is 1. The second-order valence-corrected chi connectivity index (χ2v) is 6.29. The lowest BCUT2D eigenvalue weighted by Crippen LogP contribution is -2.23. The van der Waals surface area contributed by atoms with Crippen molar-refractivity contribution in [3.63, 3.8) is 0 Å². The summed E-state index contributed by atoms with van der Waals surface area (Å²) in [6.45, 7) is 1.74. The molecule has 0 radical (unpaired) electrons. The molecule has 2 aromatic carbocycles. The largest absolute Gasteiger partial charge is 0.493 e. The summed E-state index contributed by atoms with van der Waals surface area (Å²) < 4.78 is 34.5. The zero-order valence-corrected chi connectivity index (χ0v) is 15.7. The van der Waals surface area contributed by atoms with Gasteiger partial charge in [-0.25, -0.2) is 0 Å². The van der Waals surface area contributed by atoms with Gasteiger partial charge in [0.2, 0.25) is 0 Å². The summed E-state index contributed by atoms with van der Waals surface area (Å²) in [4.78, 5) is 4.29. The van der Waals surface area contributed by atoms with Crippen LogP contribution in [0.25, 0.3) is 0 Å². The molecule has 0 aliphatic carbocycles. The maximum absolute atomic E-state index is 12.5. The third kappa shape index (κ3) is 6.44. The molecule has 7 heteroatoms. The molecular weight excluding hydrogens is 352 g/mol. The number of methoxy groups -OCH3 is 1. The first-order valence-electron chi connectivity index (χ1n) is 8.67. The Balaban J connectivity index is 1.97. The molecule has 0 fully saturated rings.